The maximum atomic E-state index is 4.84. The molecule has 1 atom stereocenters. The molecule has 3 aromatic rings. The van der Waals surface area contributed by atoms with Gasteiger partial charge in [0.25, 0.3) is 0 Å². The molecule has 0 unspecified atom stereocenters. The van der Waals surface area contributed by atoms with E-state index in [1.807, 2.05) is 40.9 Å². The lowest BCUT2D eigenvalue weighted by Gasteiger charge is -2.26. The van der Waals surface area contributed by atoms with Crippen molar-refractivity contribution in [1.82, 2.24) is 24.7 Å². The molecule has 0 saturated carbocycles. The lowest BCUT2D eigenvalue weighted by Crippen LogP contribution is -2.37. The number of likely N-dealkylation sites (N-methyl/N-ethyl adjacent to an activating group) is 1. The molecule has 0 radical (unpaired) electrons. The first-order valence-corrected chi connectivity index (χ1v) is 9.07. The van der Waals surface area contributed by atoms with Crippen LogP contribution < -0.4 is 4.90 Å². The molecule has 1 aliphatic rings. The molecular weight excluding hydrogens is 312 g/mol. The molecule has 0 N–H and O–H groups in total. The van der Waals surface area contributed by atoms with Crippen molar-refractivity contribution in [2.24, 2.45) is 0 Å². The van der Waals surface area contributed by atoms with Crippen molar-refractivity contribution in [2.45, 2.75) is 26.3 Å². The first kappa shape index (κ1) is 16.0. The molecule has 0 bridgehead atoms. The lowest BCUT2D eigenvalue weighted by atomic mass is 10.2. The van der Waals surface area contributed by atoms with Crippen LogP contribution in [0.1, 0.15) is 20.3 Å². The predicted octanol–water partition coefficient (Wildman–Crippen LogP) is 2.71. The van der Waals surface area contributed by atoms with Gasteiger partial charge in [0.2, 0.25) is 0 Å². The van der Waals surface area contributed by atoms with E-state index in [0.29, 0.717) is 6.04 Å². The third-order valence-electron chi connectivity index (χ3n) is 5.10. The fourth-order valence-corrected chi connectivity index (χ4v) is 3.70. The normalized spacial score (nSPS) is 17.7. The summed E-state index contributed by atoms with van der Waals surface area (Å²) in [7, 11) is 0. The number of fused-ring (bicyclic) bond motifs is 1. The van der Waals surface area contributed by atoms with Gasteiger partial charge in [-0.2, -0.15) is 4.52 Å². The van der Waals surface area contributed by atoms with Crippen LogP contribution in [0.25, 0.3) is 17.0 Å². The van der Waals surface area contributed by atoms with E-state index in [2.05, 4.69) is 39.9 Å². The van der Waals surface area contributed by atoms with Crippen LogP contribution in [0.15, 0.2) is 42.5 Å². The molecule has 0 aliphatic carbocycles. The fraction of sp³-hybridized carbons (Fsp3) is 0.421. The quantitative estimate of drug-likeness (QED) is 0.717. The van der Waals surface area contributed by atoms with Gasteiger partial charge in [0.05, 0.1) is 0 Å². The second-order valence-electron chi connectivity index (χ2n) is 6.46. The van der Waals surface area contributed by atoms with Crippen molar-refractivity contribution in [1.29, 1.82) is 0 Å². The third kappa shape index (κ3) is 2.98. The number of nitrogens with zero attached hydrogens (tertiary/aromatic N) is 6. The Morgan fingerprint density at radius 1 is 1.04 bits per heavy atom. The molecule has 6 heteroatoms. The summed E-state index contributed by atoms with van der Waals surface area (Å²) in [6.45, 7) is 8.75. The molecule has 0 spiro atoms. The molecule has 1 fully saturated rings. The summed E-state index contributed by atoms with van der Waals surface area (Å²) in [4.78, 5) is 4.91. The Morgan fingerprint density at radius 3 is 2.60 bits per heavy atom. The molecule has 1 saturated heterocycles. The van der Waals surface area contributed by atoms with Gasteiger partial charge in [0.1, 0.15) is 5.82 Å². The van der Waals surface area contributed by atoms with Gasteiger partial charge in [-0.05, 0) is 31.6 Å². The molecule has 1 aliphatic heterocycles. The van der Waals surface area contributed by atoms with Crippen molar-refractivity contribution in [3.05, 3.63) is 42.5 Å². The smallest absolute Gasteiger partial charge is 0.185 e. The monoisotopic (exact) mass is 336 g/mol. The summed E-state index contributed by atoms with van der Waals surface area (Å²) < 4.78 is 1.86. The van der Waals surface area contributed by atoms with E-state index in [9.17, 15) is 0 Å². The molecule has 25 heavy (non-hydrogen) atoms. The maximum Gasteiger partial charge on any atom is 0.185 e. The molecule has 3 heterocycles. The van der Waals surface area contributed by atoms with Crippen LogP contribution in [-0.4, -0.2) is 56.9 Å². The van der Waals surface area contributed by atoms with Gasteiger partial charge in [-0.25, -0.2) is 0 Å². The molecule has 2 aromatic heterocycles. The van der Waals surface area contributed by atoms with Crippen molar-refractivity contribution < 1.29 is 0 Å². The van der Waals surface area contributed by atoms with Gasteiger partial charge in [0, 0.05) is 24.7 Å². The highest BCUT2D eigenvalue weighted by Crippen LogP contribution is 2.23. The Bertz CT molecular complexity index is 840. The van der Waals surface area contributed by atoms with Gasteiger partial charge in [-0.15, -0.1) is 15.3 Å². The van der Waals surface area contributed by atoms with Crippen LogP contribution in [-0.2, 0) is 0 Å². The molecule has 130 valence electrons. The lowest BCUT2D eigenvalue weighted by molar-refractivity contribution is 0.232. The molecule has 1 aromatic carbocycles. The van der Waals surface area contributed by atoms with Crippen LogP contribution in [0.3, 0.4) is 0 Å². The third-order valence-corrected chi connectivity index (χ3v) is 5.10. The molecule has 6 nitrogen and oxygen atoms in total. The number of benzene rings is 1. The van der Waals surface area contributed by atoms with Crippen molar-refractivity contribution in [3.63, 3.8) is 0 Å². The zero-order chi connectivity index (χ0) is 17.2. The minimum atomic E-state index is 0.613. The van der Waals surface area contributed by atoms with Crippen molar-refractivity contribution >= 4 is 11.5 Å². The Kier molecular flexibility index (Phi) is 4.36. The average Bonchev–Trinajstić information content (AvgIpc) is 3.30. The average molecular weight is 336 g/mol. The van der Waals surface area contributed by atoms with Gasteiger partial charge < -0.3 is 4.90 Å². The second kappa shape index (κ2) is 6.80. The maximum absolute atomic E-state index is 4.84. The number of hydrogen-bond donors (Lipinski definition) is 0. The summed E-state index contributed by atoms with van der Waals surface area (Å²) in [5.41, 5.74) is 1.81. The first-order chi connectivity index (χ1) is 12.3. The summed E-state index contributed by atoms with van der Waals surface area (Å²) in [6.07, 6.45) is 1.19. The van der Waals surface area contributed by atoms with E-state index in [1.54, 1.807) is 0 Å². The van der Waals surface area contributed by atoms with E-state index < -0.39 is 0 Å². The van der Waals surface area contributed by atoms with E-state index in [-0.39, 0.29) is 0 Å². The number of rotatable bonds is 5. The Hall–Kier alpha value is -2.47. The van der Waals surface area contributed by atoms with Gasteiger partial charge in [-0.3, -0.25) is 4.90 Å². The number of hydrogen-bond acceptors (Lipinski definition) is 5. The van der Waals surface area contributed by atoms with E-state index >= 15 is 0 Å². The van der Waals surface area contributed by atoms with Crippen LogP contribution in [0.2, 0.25) is 0 Å². The highest BCUT2D eigenvalue weighted by Gasteiger charge is 2.27. The molecular formula is C19H24N6. The van der Waals surface area contributed by atoms with E-state index in [0.717, 1.165) is 49.0 Å². The van der Waals surface area contributed by atoms with Gasteiger partial charge >= 0.3 is 0 Å². The largest absolute Gasteiger partial charge is 0.354 e. The fourth-order valence-electron chi connectivity index (χ4n) is 3.70. The van der Waals surface area contributed by atoms with Crippen LogP contribution >= 0.6 is 0 Å². The molecule has 4 rings (SSSR count). The predicted molar refractivity (Wildman–Crippen MR) is 99.8 cm³/mol. The SMILES string of the molecule is CCN(CC)[C@H]1CCN(c2ccc3nnc(-c4ccccc4)n3n2)C1. The van der Waals surface area contributed by atoms with Crippen LogP contribution in [0.5, 0.6) is 0 Å². The topological polar surface area (TPSA) is 49.6 Å². The zero-order valence-corrected chi connectivity index (χ0v) is 14.8. The van der Waals surface area contributed by atoms with E-state index in [1.165, 1.54) is 6.42 Å². The van der Waals surface area contributed by atoms with E-state index in [4.69, 9.17) is 5.10 Å². The first-order valence-electron chi connectivity index (χ1n) is 9.07. The zero-order valence-electron chi connectivity index (χ0n) is 14.8. The minimum absolute atomic E-state index is 0.613. The standard InChI is InChI=1S/C19H24N6/c1-3-23(4-2)16-12-13-24(14-16)18-11-10-17-20-21-19(25(17)22-18)15-8-6-5-7-9-15/h5-11,16H,3-4,12-14H2,1-2H3/t16-/m0/s1. The second-order valence-corrected chi connectivity index (χ2v) is 6.46. The number of aromatic nitrogens is 4. The summed E-state index contributed by atoms with van der Waals surface area (Å²) in [6, 6.07) is 14.8. The summed E-state index contributed by atoms with van der Waals surface area (Å²) in [5.74, 6) is 1.79. The van der Waals surface area contributed by atoms with Crippen LogP contribution in [0, 0.1) is 0 Å². The minimum Gasteiger partial charge on any atom is -0.354 e. The van der Waals surface area contributed by atoms with Crippen molar-refractivity contribution in [2.75, 3.05) is 31.1 Å². The van der Waals surface area contributed by atoms with Gasteiger partial charge in [-0.1, -0.05) is 44.2 Å². The highest BCUT2D eigenvalue weighted by molar-refractivity contribution is 5.59. The Labute approximate surface area is 148 Å². The number of anilines is 1. The molecule has 0 amide bonds. The van der Waals surface area contributed by atoms with Crippen molar-refractivity contribution in [3.8, 4) is 11.4 Å². The Balaban J connectivity index is 1.64. The van der Waals surface area contributed by atoms with Crippen LogP contribution in [0.4, 0.5) is 5.82 Å². The van der Waals surface area contributed by atoms with Gasteiger partial charge in [0.15, 0.2) is 11.5 Å². The summed E-state index contributed by atoms with van der Waals surface area (Å²) >= 11 is 0. The summed E-state index contributed by atoms with van der Waals surface area (Å²) in [5, 5.41) is 13.4. The highest BCUT2D eigenvalue weighted by atomic mass is 15.4. The Morgan fingerprint density at radius 2 is 1.84 bits per heavy atom.